The van der Waals surface area contributed by atoms with Gasteiger partial charge in [-0.15, -0.1) is 0 Å². The Morgan fingerprint density at radius 3 is 2.78 bits per heavy atom. The lowest BCUT2D eigenvalue weighted by Gasteiger charge is -2.37. The van der Waals surface area contributed by atoms with Gasteiger partial charge in [0.15, 0.2) is 0 Å². The molecule has 0 spiro atoms. The van der Waals surface area contributed by atoms with Crippen molar-refractivity contribution in [2.45, 2.75) is 38.6 Å². The molecule has 1 heterocycles. The second kappa shape index (κ2) is 6.53. The van der Waals surface area contributed by atoms with E-state index < -0.39 is 0 Å². The molecule has 1 N–H and O–H groups in total. The van der Waals surface area contributed by atoms with Gasteiger partial charge >= 0.3 is 5.97 Å². The van der Waals surface area contributed by atoms with Gasteiger partial charge < -0.3 is 10.1 Å². The zero-order chi connectivity index (χ0) is 13.0. The van der Waals surface area contributed by atoms with Crippen molar-refractivity contribution in [3.63, 3.8) is 0 Å². The molecule has 1 saturated heterocycles. The van der Waals surface area contributed by atoms with Crippen LogP contribution in [0.1, 0.15) is 32.6 Å². The van der Waals surface area contributed by atoms with Gasteiger partial charge in [-0.05, 0) is 37.6 Å². The first-order valence-corrected chi connectivity index (χ1v) is 7.20. The van der Waals surface area contributed by atoms with Gasteiger partial charge in [0.25, 0.3) is 0 Å². The van der Waals surface area contributed by atoms with Gasteiger partial charge in [-0.2, -0.15) is 0 Å². The first kappa shape index (κ1) is 13.8. The fraction of sp³-hybridized carbons (Fsp3) is 0.929. The molecule has 1 aliphatic carbocycles. The number of ether oxygens (including phenoxy) is 1. The summed E-state index contributed by atoms with van der Waals surface area (Å²) < 4.78 is 4.75. The van der Waals surface area contributed by atoms with Gasteiger partial charge in [-0.1, -0.05) is 13.3 Å². The summed E-state index contributed by atoms with van der Waals surface area (Å²) in [5.41, 5.74) is 0. The van der Waals surface area contributed by atoms with Crippen LogP contribution in [-0.2, 0) is 9.53 Å². The molecule has 1 aliphatic heterocycles. The summed E-state index contributed by atoms with van der Waals surface area (Å²) in [5.74, 6) is 1.43. The molecule has 18 heavy (non-hydrogen) atoms. The molecule has 104 valence electrons. The lowest BCUT2D eigenvalue weighted by atomic mass is 9.85. The predicted molar refractivity (Wildman–Crippen MR) is 71.4 cm³/mol. The molecule has 0 aromatic heterocycles. The zero-order valence-corrected chi connectivity index (χ0v) is 11.7. The second-order valence-corrected chi connectivity index (χ2v) is 6.01. The summed E-state index contributed by atoms with van der Waals surface area (Å²) >= 11 is 0. The molecule has 0 bridgehead atoms. The summed E-state index contributed by atoms with van der Waals surface area (Å²) in [6.45, 7) is 5.84. The predicted octanol–water partition coefficient (Wildman–Crippen LogP) is 1.26. The largest absolute Gasteiger partial charge is 0.468 e. The summed E-state index contributed by atoms with van der Waals surface area (Å²) in [6, 6.07) is 0.541. The summed E-state index contributed by atoms with van der Waals surface area (Å²) in [5, 5.41) is 3.68. The Balaban J connectivity index is 1.74. The molecule has 2 fully saturated rings. The maximum atomic E-state index is 11.3. The number of methoxy groups -OCH3 is 1. The molecule has 2 atom stereocenters. The third-order valence-electron chi connectivity index (χ3n) is 4.24. The second-order valence-electron chi connectivity index (χ2n) is 6.01. The van der Waals surface area contributed by atoms with Crippen LogP contribution in [0.15, 0.2) is 0 Å². The van der Waals surface area contributed by atoms with Crippen LogP contribution in [0.3, 0.4) is 0 Å². The van der Waals surface area contributed by atoms with Crippen molar-refractivity contribution >= 4 is 5.97 Å². The Morgan fingerprint density at radius 2 is 2.17 bits per heavy atom. The molecule has 2 unspecified atom stereocenters. The molecule has 4 nitrogen and oxygen atoms in total. The van der Waals surface area contributed by atoms with E-state index in [-0.39, 0.29) is 5.97 Å². The molecular weight excluding hydrogens is 228 g/mol. The van der Waals surface area contributed by atoms with Crippen LogP contribution < -0.4 is 5.32 Å². The van der Waals surface area contributed by atoms with Crippen molar-refractivity contribution in [2.75, 3.05) is 33.3 Å². The maximum Gasteiger partial charge on any atom is 0.319 e. The average Bonchev–Trinajstić information content (AvgIpc) is 2.26. The van der Waals surface area contributed by atoms with E-state index in [1.807, 2.05) is 0 Å². The number of carbonyl (C=O) groups excluding carboxylic acids is 1. The third kappa shape index (κ3) is 3.95. The fourth-order valence-corrected chi connectivity index (χ4v) is 3.02. The van der Waals surface area contributed by atoms with Gasteiger partial charge in [-0.3, -0.25) is 9.69 Å². The van der Waals surface area contributed by atoms with E-state index in [0.717, 1.165) is 25.6 Å². The number of nitrogens with zero attached hydrogens (tertiary/aromatic N) is 1. The number of esters is 1. The van der Waals surface area contributed by atoms with E-state index in [2.05, 4.69) is 17.1 Å². The average molecular weight is 254 g/mol. The summed E-state index contributed by atoms with van der Waals surface area (Å²) in [4.78, 5) is 13.6. The van der Waals surface area contributed by atoms with E-state index in [1.54, 1.807) is 0 Å². The maximum absolute atomic E-state index is 11.3. The van der Waals surface area contributed by atoms with E-state index in [0.29, 0.717) is 18.5 Å². The first-order chi connectivity index (χ1) is 8.67. The Hall–Kier alpha value is -0.610. The molecule has 0 aromatic rings. The van der Waals surface area contributed by atoms with Gasteiger partial charge in [0.05, 0.1) is 13.7 Å². The van der Waals surface area contributed by atoms with Crippen LogP contribution in [0, 0.1) is 11.8 Å². The number of likely N-dealkylation sites (tertiary alicyclic amines) is 1. The van der Waals surface area contributed by atoms with Crippen molar-refractivity contribution in [2.24, 2.45) is 11.8 Å². The summed E-state index contributed by atoms with van der Waals surface area (Å²) in [7, 11) is 1.46. The fourth-order valence-electron chi connectivity index (χ4n) is 3.02. The number of rotatable bonds is 5. The minimum atomic E-state index is -0.123. The Kier molecular flexibility index (Phi) is 5.01. The van der Waals surface area contributed by atoms with Crippen LogP contribution in [0.2, 0.25) is 0 Å². The molecule has 0 radical (unpaired) electrons. The molecule has 2 rings (SSSR count). The lowest BCUT2D eigenvalue weighted by molar-refractivity contribution is -0.142. The first-order valence-electron chi connectivity index (χ1n) is 7.20. The Morgan fingerprint density at radius 1 is 1.39 bits per heavy atom. The van der Waals surface area contributed by atoms with Crippen molar-refractivity contribution in [3.8, 4) is 0 Å². The molecule has 0 aromatic carbocycles. The highest BCUT2D eigenvalue weighted by Crippen LogP contribution is 2.26. The molecule has 2 aliphatic rings. The van der Waals surface area contributed by atoms with Crippen LogP contribution in [-0.4, -0.2) is 50.2 Å². The Bertz CT molecular complexity index is 279. The third-order valence-corrected chi connectivity index (χ3v) is 4.24. The molecule has 4 heteroatoms. The Labute approximate surface area is 110 Å². The molecule has 1 saturated carbocycles. The van der Waals surface area contributed by atoms with E-state index in [1.165, 1.54) is 32.8 Å². The number of hydrogen-bond acceptors (Lipinski definition) is 4. The highest BCUT2D eigenvalue weighted by atomic mass is 16.5. The van der Waals surface area contributed by atoms with Crippen LogP contribution in [0.25, 0.3) is 0 Å². The molecule has 0 amide bonds. The normalized spacial score (nSPS) is 29.9. The highest BCUT2D eigenvalue weighted by molar-refractivity contribution is 5.71. The number of hydrogen-bond donors (Lipinski definition) is 1. The number of nitrogens with one attached hydrogen (secondary N) is 1. The van der Waals surface area contributed by atoms with Crippen molar-refractivity contribution in [3.05, 3.63) is 0 Å². The molecular formula is C14H26N2O2. The minimum absolute atomic E-state index is 0.123. The van der Waals surface area contributed by atoms with Crippen molar-refractivity contribution in [1.82, 2.24) is 10.2 Å². The topological polar surface area (TPSA) is 41.6 Å². The zero-order valence-electron chi connectivity index (χ0n) is 11.7. The lowest BCUT2D eigenvalue weighted by Crippen LogP contribution is -2.51. The van der Waals surface area contributed by atoms with Crippen molar-refractivity contribution in [1.29, 1.82) is 0 Å². The standard InChI is InChI=1S/C14H26N2O2/c1-11-6-13(15-7-12-4-3-5-12)9-16(8-11)10-14(17)18-2/h11-13,15H,3-10H2,1-2H3. The number of carbonyl (C=O) groups is 1. The number of piperidine rings is 1. The van der Waals surface area contributed by atoms with Gasteiger partial charge in [0, 0.05) is 19.1 Å². The van der Waals surface area contributed by atoms with E-state index in [9.17, 15) is 4.79 Å². The van der Waals surface area contributed by atoms with E-state index >= 15 is 0 Å². The van der Waals surface area contributed by atoms with Gasteiger partial charge in [0.1, 0.15) is 0 Å². The van der Waals surface area contributed by atoms with E-state index in [4.69, 9.17) is 4.74 Å². The van der Waals surface area contributed by atoms with Gasteiger partial charge in [-0.25, -0.2) is 0 Å². The van der Waals surface area contributed by atoms with Crippen LogP contribution in [0.4, 0.5) is 0 Å². The van der Waals surface area contributed by atoms with Gasteiger partial charge in [0.2, 0.25) is 0 Å². The SMILES string of the molecule is COC(=O)CN1CC(C)CC(NCC2CCC2)C1. The smallest absolute Gasteiger partial charge is 0.319 e. The monoisotopic (exact) mass is 254 g/mol. The summed E-state index contributed by atoms with van der Waals surface area (Å²) in [6.07, 6.45) is 5.41. The minimum Gasteiger partial charge on any atom is -0.468 e. The van der Waals surface area contributed by atoms with Crippen LogP contribution >= 0.6 is 0 Å². The van der Waals surface area contributed by atoms with Crippen LogP contribution in [0.5, 0.6) is 0 Å². The highest BCUT2D eigenvalue weighted by Gasteiger charge is 2.27. The van der Waals surface area contributed by atoms with Crippen molar-refractivity contribution < 1.29 is 9.53 Å². The quantitative estimate of drug-likeness (QED) is 0.750.